The fourth-order valence-electron chi connectivity index (χ4n) is 3.28. The number of amides is 3. The Labute approximate surface area is 126 Å². The first-order valence-electron chi connectivity index (χ1n) is 7.15. The van der Waals surface area contributed by atoms with Crippen LogP contribution in [0.2, 0.25) is 0 Å². The molecule has 0 radical (unpaired) electrons. The molecular weight excluding hydrogens is 345 g/mol. The Kier molecular flexibility index (Phi) is 3.75. The Morgan fingerprint density at radius 1 is 0.700 bits per heavy atom. The third-order valence-electron chi connectivity index (χ3n) is 4.25. The van der Waals surface area contributed by atoms with Crippen molar-refractivity contribution in [3.8, 4) is 0 Å². The molecule has 0 atom stereocenters. The maximum atomic E-state index is 12.2. The second-order valence-corrected chi connectivity index (χ2v) is 11.4. The van der Waals surface area contributed by atoms with Crippen LogP contribution in [0.5, 0.6) is 0 Å². The van der Waals surface area contributed by atoms with Crippen molar-refractivity contribution in [2.45, 2.75) is 38.5 Å². The van der Waals surface area contributed by atoms with Gasteiger partial charge in [0.2, 0.25) is 0 Å². The molecule has 3 aliphatic heterocycles. The van der Waals surface area contributed by atoms with Crippen LogP contribution >= 0.6 is 21.9 Å². The van der Waals surface area contributed by atoms with E-state index in [1.54, 1.807) is 14.0 Å². The van der Waals surface area contributed by atoms with Gasteiger partial charge in [-0.1, -0.05) is 0 Å². The zero-order valence-electron chi connectivity index (χ0n) is 11.3. The molecule has 3 rings (SSSR count). The molecule has 3 amide bonds. The van der Waals surface area contributed by atoms with Crippen molar-refractivity contribution in [1.29, 1.82) is 0 Å². The van der Waals surface area contributed by atoms with Gasteiger partial charge in [0.1, 0.15) is 0 Å². The van der Waals surface area contributed by atoms with Gasteiger partial charge in [-0.15, -0.1) is 0 Å². The molecule has 6 nitrogen and oxygen atoms in total. The maximum absolute atomic E-state index is 12.2. The fourth-order valence-corrected chi connectivity index (χ4v) is 10.1. The van der Waals surface area contributed by atoms with Crippen LogP contribution < -0.4 is 0 Å². The molecular formula is C12H19BrN3O3P. The van der Waals surface area contributed by atoms with E-state index >= 15 is 0 Å². The van der Waals surface area contributed by atoms with E-state index in [9.17, 15) is 14.4 Å². The third kappa shape index (κ3) is 2.06. The van der Waals surface area contributed by atoms with Gasteiger partial charge >= 0.3 is 126 Å². The van der Waals surface area contributed by atoms with E-state index in [1.807, 2.05) is 0 Å². The molecule has 0 bridgehead atoms. The number of halogens is 1. The number of rotatable bonds is 3. The molecule has 3 saturated heterocycles. The summed E-state index contributed by atoms with van der Waals surface area (Å²) in [7, 11) is 0. The topological polar surface area (TPSA) is 60.9 Å². The number of hydrogen-bond donors (Lipinski definition) is 0. The SMILES string of the molecule is O=C1CCCN1[PH](Br)(N1CCCC1=O)N1CCCC1=O. The standard InChI is InChI=1S/C12H19BrN3O3P/c13-20(14-7-1-4-10(14)17,15-8-2-5-11(15)18)16-9-3-6-12(16)19/h20H,1-9H2. The molecule has 0 saturated carbocycles. The summed E-state index contributed by atoms with van der Waals surface area (Å²) in [6.07, 6.45) is 1.11. The second kappa shape index (κ2) is 5.26. The Hall–Kier alpha value is -0.680. The molecule has 8 heteroatoms. The Morgan fingerprint density at radius 3 is 1.20 bits per heavy atom. The normalized spacial score (nSPS) is 25.2. The van der Waals surface area contributed by atoms with Crippen LogP contribution in [0.15, 0.2) is 0 Å². The number of carbonyl (C=O) groups is 3. The van der Waals surface area contributed by atoms with Crippen LogP contribution in [0.25, 0.3) is 0 Å². The molecule has 0 N–H and O–H groups in total. The first-order valence-corrected chi connectivity index (χ1v) is 11.3. The van der Waals surface area contributed by atoms with Gasteiger partial charge in [-0.05, 0) is 0 Å². The van der Waals surface area contributed by atoms with E-state index in [2.05, 4.69) is 15.5 Å². The van der Waals surface area contributed by atoms with Gasteiger partial charge in [-0.2, -0.15) is 0 Å². The minimum absolute atomic E-state index is 0.0629. The molecule has 20 heavy (non-hydrogen) atoms. The number of hydrogen-bond acceptors (Lipinski definition) is 3. The van der Waals surface area contributed by atoms with Gasteiger partial charge in [0.05, 0.1) is 0 Å². The van der Waals surface area contributed by atoms with Crippen molar-refractivity contribution in [3.63, 3.8) is 0 Å². The van der Waals surface area contributed by atoms with E-state index < -0.39 is 6.42 Å². The number of nitrogens with zero attached hydrogens (tertiary/aromatic N) is 3. The summed E-state index contributed by atoms with van der Waals surface area (Å²) >= 11 is 3.74. The van der Waals surface area contributed by atoms with Gasteiger partial charge < -0.3 is 0 Å². The van der Waals surface area contributed by atoms with E-state index in [-0.39, 0.29) is 17.7 Å². The van der Waals surface area contributed by atoms with Crippen LogP contribution in [-0.2, 0) is 14.4 Å². The summed E-state index contributed by atoms with van der Waals surface area (Å²) in [4.78, 5) is 36.6. The quantitative estimate of drug-likeness (QED) is 0.716. The van der Waals surface area contributed by atoms with Crippen LogP contribution in [0, 0.1) is 0 Å². The van der Waals surface area contributed by atoms with Gasteiger partial charge in [0.25, 0.3) is 0 Å². The summed E-state index contributed by atoms with van der Waals surface area (Å²) in [6, 6.07) is 0. The Bertz CT molecular complexity index is 408. The summed E-state index contributed by atoms with van der Waals surface area (Å²) in [6.45, 7) is 1.93. The van der Waals surface area contributed by atoms with Crippen LogP contribution in [0.4, 0.5) is 0 Å². The zero-order valence-corrected chi connectivity index (χ0v) is 13.9. The van der Waals surface area contributed by atoms with E-state index in [0.717, 1.165) is 19.3 Å². The molecule has 0 aromatic rings. The Balaban J connectivity index is 1.99. The average molecular weight is 364 g/mol. The van der Waals surface area contributed by atoms with Crippen LogP contribution in [0.1, 0.15) is 38.5 Å². The van der Waals surface area contributed by atoms with Crippen molar-refractivity contribution in [2.24, 2.45) is 0 Å². The van der Waals surface area contributed by atoms with Crippen molar-refractivity contribution >= 4 is 39.6 Å². The van der Waals surface area contributed by atoms with E-state index in [4.69, 9.17) is 0 Å². The average Bonchev–Trinajstić information content (AvgIpc) is 3.10. The van der Waals surface area contributed by atoms with Crippen molar-refractivity contribution < 1.29 is 14.4 Å². The van der Waals surface area contributed by atoms with Crippen LogP contribution in [0.3, 0.4) is 0 Å². The third-order valence-corrected chi connectivity index (χ3v) is 11.6. The first kappa shape index (κ1) is 14.3. The molecule has 3 fully saturated rings. The predicted octanol–water partition coefficient (Wildman–Crippen LogP) is 1.66. The molecule has 112 valence electrons. The molecule has 0 unspecified atom stereocenters. The molecule has 0 spiro atoms. The summed E-state index contributed by atoms with van der Waals surface area (Å²) in [5.41, 5.74) is 0. The van der Waals surface area contributed by atoms with Gasteiger partial charge in [0.15, 0.2) is 0 Å². The monoisotopic (exact) mass is 363 g/mol. The predicted molar refractivity (Wildman–Crippen MR) is 80.1 cm³/mol. The molecule has 0 aromatic carbocycles. The van der Waals surface area contributed by atoms with Crippen LogP contribution in [-0.4, -0.2) is 51.4 Å². The van der Waals surface area contributed by atoms with E-state index in [0.29, 0.717) is 38.9 Å². The molecule has 3 heterocycles. The second-order valence-electron chi connectivity index (χ2n) is 5.50. The summed E-state index contributed by atoms with van der Waals surface area (Å²) in [5.74, 6) is 0.189. The zero-order chi connectivity index (χ0) is 14.3. The molecule has 0 aromatic heterocycles. The fraction of sp³-hybridized carbons (Fsp3) is 0.750. The van der Waals surface area contributed by atoms with Gasteiger partial charge in [-0.3, -0.25) is 0 Å². The van der Waals surface area contributed by atoms with E-state index in [1.165, 1.54) is 0 Å². The van der Waals surface area contributed by atoms with Gasteiger partial charge in [-0.25, -0.2) is 0 Å². The Morgan fingerprint density at radius 2 is 1.00 bits per heavy atom. The first-order chi connectivity index (χ1) is 9.55. The minimum atomic E-state index is -2.88. The summed E-state index contributed by atoms with van der Waals surface area (Å²) in [5, 5.41) is 0. The number of carbonyl (C=O) groups excluding carboxylic acids is 3. The molecule has 3 aliphatic rings. The summed E-state index contributed by atoms with van der Waals surface area (Å²) < 4.78 is 5.37. The van der Waals surface area contributed by atoms with Crippen molar-refractivity contribution in [1.82, 2.24) is 14.0 Å². The molecule has 0 aliphatic carbocycles. The van der Waals surface area contributed by atoms with Crippen molar-refractivity contribution in [3.05, 3.63) is 0 Å². The van der Waals surface area contributed by atoms with Gasteiger partial charge in [0, 0.05) is 0 Å². The van der Waals surface area contributed by atoms with Crippen molar-refractivity contribution in [2.75, 3.05) is 19.6 Å².